The Balaban J connectivity index is 1.51. The lowest BCUT2D eigenvalue weighted by atomic mass is 9.94. The highest BCUT2D eigenvalue weighted by atomic mass is 35.5. The zero-order valence-corrected chi connectivity index (χ0v) is 20.1. The number of hydrogen-bond donors (Lipinski definition) is 1. The fourth-order valence-corrected chi connectivity index (χ4v) is 4.87. The van der Waals surface area contributed by atoms with Crippen molar-refractivity contribution in [2.75, 3.05) is 25.9 Å². The minimum atomic E-state index is 0.0912. The molecule has 0 spiro atoms. The highest BCUT2D eigenvalue weighted by molar-refractivity contribution is 6.28. The van der Waals surface area contributed by atoms with Gasteiger partial charge in [-0.05, 0) is 60.0 Å². The number of nitrogen functional groups attached to an aromatic ring is 1. The summed E-state index contributed by atoms with van der Waals surface area (Å²) in [6.45, 7) is 2.29. The van der Waals surface area contributed by atoms with Crippen LogP contribution in [0.25, 0.3) is 22.3 Å². The van der Waals surface area contributed by atoms with Crippen LogP contribution in [0.5, 0.6) is 5.75 Å². The normalized spacial score (nSPS) is 14.5. The second-order valence-electron chi connectivity index (χ2n) is 8.72. The molecule has 1 saturated heterocycles. The van der Waals surface area contributed by atoms with E-state index >= 15 is 0 Å². The highest BCUT2D eigenvalue weighted by Gasteiger charge is 2.22. The number of aryl methyl sites for hydroxylation is 1. The summed E-state index contributed by atoms with van der Waals surface area (Å²) >= 11 is 6.16. The monoisotopic (exact) mass is 495 g/mol. The van der Waals surface area contributed by atoms with Crippen molar-refractivity contribution in [1.82, 2.24) is 29.6 Å². The molecule has 10 nitrogen and oxygen atoms in total. The maximum Gasteiger partial charge on any atom is 0.226 e. The van der Waals surface area contributed by atoms with Crippen LogP contribution in [-0.2, 0) is 17.8 Å². The predicted molar refractivity (Wildman–Crippen MR) is 131 cm³/mol. The van der Waals surface area contributed by atoms with Crippen LogP contribution in [0.3, 0.4) is 0 Å². The number of nitrogens with two attached hydrogens (primary N) is 1. The lowest BCUT2D eigenvalue weighted by Crippen LogP contribution is -2.32. The van der Waals surface area contributed by atoms with Gasteiger partial charge in [0.2, 0.25) is 11.7 Å². The van der Waals surface area contributed by atoms with Gasteiger partial charge >= 0.3 is 0 Å². The number of likely N-dealkylation sites (tertiary alicyclic amines) is 1. The second kappa shape index (κ2) is 9.91. The first-order valence-electron chi connectivity index (χ1n) is 11.5. The lowest BCUT2D eigenvalue weighted by Gasteiger charge is -2.29. The van der Waals surface area contributed by atoms with Gasteiger partial charge in [0.25, 0.3) is 0 Å². The summed E-state index contributed by atoms with van der Waals surface area (Å²) in [5.74, 6) is 2.31. The van der Waals surface area contributed by atoms with E-state index in [4.69, 9.17) is 31.6 Å². The lowest BCUT2D eigenvalue weighted by molar-refractivity contribution is -0.119. The zero-order chi connectivity index (χ0) is 24.4. The number of hydrogen-bond acceptors (Lipinski definition) is 8. The van der Waals surface area contributed by atoms with E-state index in [-0.39, 0.29) is 11.1 Å². The number of nitrogens with zero attached hydrogens (tertiary/aromatic N) is 6. The molecule has 0 radical (unpaired) electrons. The Morgan fingerprint density at radius 3 is 2.80 bits per heavy atom. The molecule has 0 atom stereocenters. The van der Waals surface area contributed by atoms with Crippen LogP contribution >= 0.6 is 11.6 Å². The van der Waals surface area contributed by atoms with Gasteiger partial charge in [-0.2, -0.15) is 9.97 Å². The maximum absolute atomic E-state index is 11.1. The van der Waals surface area contributed by atoms with Crippen LogP contribution in [0.15, 0.2) is 35.2 Å². The average molecular weight is 496 g/mol. The van der Waals surface area contributed by atoms with Gasteiger partial charge in [0.15, 0.2) is 17.0 Å². The molecular weight excluding hydrogens is 470 g/mol. The highest BCUT2D eigenvalue weighted by Crippen LogP contribution is 2.31. The summed E-state index contributed by atoms with van der Waals surface area (Å²) < 4.78 is 12.6. The van der Waals surface area contributed by atoms with Crippen LogP contribution in [0.4, 0.5) is 5.82 Å². The van der Waals surface area contributed by atoms with Crippen LogP contribution in [0, 0.1) is 5.92 Å². The van der Waals surface area contributed by atoms with Crippen LogP contribution in [0.2, 0.25) is 5.28 Å². The van der Waals surface area contributed by atoms with Gasteiger partial charge in [-0.1, -0.05) is 11.2 Å². The number of anilines is 1. The Kier molecular flexibility index (Phi) is 6.54. The maximum atomic E-state index is 11.1. The SMILES string of the molecule is COc1ccc(-c2cnoc2)c(Cc2nc3c(N)nc(Cl)nc3n2CCC2CCN(C=O)CC2)c1. The fraction of sp³-hybridized carbons (Fsp3) is 0.375. The third-order valence-corrected chi connectivity index (χ3v) is 6.81. The summed E-state index contributed by atoms with van der Waals surface area (Å²) in [7, 11) is 1.64. The Morgan fingerprint density at radius 1 is 1.26 bits per heavy atom. The number of carbonyl (C=O) groups is 1. The number of benzene rings is 1. The average Bonchev–Trinajstić information content (AvgIpc) is 3.52. The first-order chi connectivity index (χ1) is 17.1. The Bertz CT molecular complexity index is 1330. The van der Waals surface area contributed by atoms with Gasteiger partial charge in [-0.3, -0.25) is 4.79 Å². The van der Waals surface area contributed by atoms with E-state index in [2.05, 4.69) is 19.7 Å². The van der Waals surface area contributed by atoms with Gasteiger partial charge in [-0.15, -0.1) is 0 Å². The molecule has 35 heavy (non-hydrogen) atoms. The number of rotatable bonds is 8. The number of methoxy groups -OCH3 is 1. The number of aromatic nitrogens is 5. The van der Waals surface area contributed by atoms with Gasteiger partial charge in [-0.25, -0.2) is 4.98 Å². The summed E-state index contributed by atoms with van der Waals surface area (Å²) in [4.78, 5) is 26.3. The van der Waals surface area contributed by atoms with Crippen LogP contribution in [0.1, 0.15) is 30.7 Å². The molecule has 4 heterocycles. The van der Waals surface area contributed by atoms with Crippen molar-refractivity contribution < 1.29 is 14.1 Å². The number of piperidine rings is 1. The number of carbonyl (C=O) groups excluding carboxylic acids is 1. The van der Waals surface area contributed by atoms with Crippen molar-refractivity contribution in [2.24, 2.45) is 5.92 Å². The third-order valence-electron chi connectivity index (χ3n) is 6.64. The van der Waals surface area contributed by atoms with Crippen LogP contribution in [-0.4, -0.2) is 56.2 Å². The largest absolute Gasteiger partial charge is 0.497 e. The Hall–Kier alpha value is -3.66. The van der Waals surface area contributed by atoms with Gasteiger partial charge < -0.3 is 24.5 Å². The van der Waals surface area contributed by atoms with E-state index in [1.165, 1.54) is 0 Å². The van der Waals surface area contributed by atoms with E-state index in [0.717, 1.165) is 67.0 Å². The standard InChI is InChI=1S/C24H26ClN7O3/c1-34-18-2-3-19(17-12-27-35-13-17)16(10-18)11-20-28-21-22(26)29-24(25)30-23(21)32(20)9-6-15-4-7-31(14-33)8-5-15/h2-3,10,12-15H,4-9,11H2,1H3,(H2,26,29,30). The molecule has 0 unspecified atom stereocenters. The molecule has 1 fully saturated rings. The molecule has 5 rings (SSSR count). The van der Waals surface area contributed by atoms with Gasteiger partial charge in [0, 0.05) is 31.6 Å². The van der Waals surface area contributed by atoms with E-state index in [1.807, 2.05) is 23.1 Å². The number of fused-ring (bicyclic) bond motifs is 1. The summed E-state index contributed by atoms with van der Waals surface area (Å²) in [5.41, 5.74) is 10.2. The molecule has 1 aliphatic rings. The van der Waals surface area contributed by atoms with Crippen LogP contribution < -0.4 is 10.5 Å². The van der Waals surface area contributed by atoms with Crippen molar-refractivity contribution in [3.8, 4) is 16.9 Å². The van der Waals surface area contributed by atoms with Gasteiger partial charge in [0.1, 0.15) is 17.8 Å². The van der Waals surface area contributed by atoms with Gasteiger partial charge in [0.05, 0.1) is 13.3 Å². The van der Waals surface area contributed by atoms with Crippen molar-refractivity contribution in [2.45, 2.75) is 32.2 Å². The van der Waals surface area contributed by atoms with Crippen molar-refractivity contribution in [1.29, 1.82) is 0 Å². The van der Waals surface area contributed by atoms with Crippen molar-refractivity contribution >= 4 is 35.0 Å². The molecule has 0 aliphatic carbocycles. The van der Waals surface area contributed by atoms with E-state index in [0.29, 0.717) is 30.0 Å². The molecular formula is C24H26ClN7O3. The molecule has 2 N–H and O–H groups in total. The molecule has 3 aromatic heterocycles. The first-order valence-corrected chi connectivity index (χ1v) is 11.9. The number of ether oxygens (including phenoxy) is 1. The first kappa shape index (κ1) is 23.1. The van der Waals surface area contributed by atoms with E-state index in [9.17, 15) is 4.79 Å². The van der Waals surface area contributed by atoms with Crippen molar-refractivity contribution in [3.63, 3.8) is 0 Å². The molecule has 4 aromatic rings. The fourth-order valence-electron chi connectivity index (χ4n) is 4.70. The van der Waals surface area contributed by atoms with Crippen molar-refractivity contribution in [3.05, 3.63) is 47.3 Å². The number of amides is 1. The molecule has 1 amide bonds. The third kappa shape index (κ3) is 4.79. The summed E-state index contributed by atoms with van der Waals surface area (Å²) in [6, 6.07) is 5.88. The predicted octanol–water partition coefficient (Wildman–Crippen LogP) is 3.57. The molecule has 1 aromatic carbocycles. The zero-order valence-electron chi connectivity index (χ0n) is 19.4. The summed E-state index contributed by atoms with van der Waals surface area (Å²) in [5, 5.41) is 3.95. The quantitative estimate of drug-likeness (QED) is 0.290. The minimum Gasteiger partial charge on any atom is -0.497 e. The van der Waals surface area contributed by atoms with E-state index in [1.54, 1.807) is 19.6 Å². The smallest absolute Gasteiger partial charge is 0.226 e. The Labute approximate surface area is 207 Å². The molecule has 1 aliphatic heterocycles. The topological polar surface area (TPSA) is 125 Å². The molecule has 0 bridgehead atoms. The summed E-state index contributed by atoms with van der Waals surface area (Å²) in [6.07, 6.45) is 7.63. The minimum absolute atomic E-state index is 0.0912. The number of imidazole rings is 1. The molecule has 0 saturated carbocycles. The number of halogens is 1. The second-order valence-corrected chi connectivity index (χ2v) is 9.05. The Morgan fingerprint density at radius 2 is 2.09 bits per heavy atom. The molecule has 182 valence electrons. The van der Waals surface area contributed by atoms with E-state index < -0.39 is 0 Å². The molecule has 11 heteroatoms.